The van der Waals surface area contributed by atoms with E-state index in [2.05, 4.69) is 29.3 Å². The van der Waals surface area contributed by atoms with E-state index in [1.807, 2.05) is 36.4 Å². The molecule has 28 heavy (non-hydrogen) atoms. The quantitative estimate of drug-likeness (QED) is 0.707. The molecule has 1 N–H and O–H groups in total. The van der Waals surface area contributed by atoms with Crippen LogP contribution in [0.3, 0.4) is 0 Å². The van der Waals surface area contributed by atoms with Crippen LogP contribution in [0.5, 0.6) is 11.5 Å². The van der Waals surface area contributed by atoms with Gasteiger partial charge in [0.15, 0.2) is 11.5 Å². The second kappa shape index (κ2) is 10.1. The summed E-state index contributed by atoms with van der Waals surface area (Å²) in [5, 5.41) is 2.90. The van der Waals surface area contributed by atoms with Gasteiger partial charge >= 0.3 is 0 Å². The van der Waals surface area contributed by atoms with Gasteiger partial charge in [0.1, 0.15) is 6.61 Å². The van der Waals surface area contributed by atoms with Gasteiger partial charge in [-0.15, -0.1) is 0 Å². The number of benzene rings is 2. The number of piperidine rings is 1. The van der Waals surface area contributed by atoms with E-state index in [9.17, 15) is 4.79 Å². The van der Waals surface area contributed by atoms with Crippen molar-refractivity contribution in [1.29, 1.82) is 0 Å². The van der Waals surface area contributed by atoms with E-state index in [1.54, 1.807) is 7.11 Å². The van der Waals surface area contributed by atoms with Crippen LogP contribution < -0.4 is 14.8 Å². The maximum Gasteiger partial charge on any atom is 0.251 e. The average Bonchev–Trinajstić information content (AvgIpc) is 2.72. The summed E-state index contributed by atoms with van der Waals surface area (Å²) in [6, 6.07) is 15.4. The van der Waals surface area contributed by atoms with Crippen LogP contribution in [-0.4, -0.2) is 44.2 Å². The summed E-state index contributed by atoms with van der Waals surface area (Å²) in [5.74, 6) is 2.06. The van der Waals surface area contributed by atoms with Gasteiger partial charge in [-0.3, -0.25) is 9.69 Å². The van der Waals surface area contributed by atoms with Crippen LogP contribution in [0.2, 0.25) is 0 Å². The van der Waals surface area contributed by atoms with Crippen molar-refractivity contribution < 1.29 is 14.3 Å². The lowest BCUT2D eigenvalue weighted by atomic mass is 9.99. The number of rotatable bonds is 8. The largest absolute Gasteiger partial charge is 0.493 e. The summed E-state index contributed by atoms with van der Waals surface area (Å²) in [7, 11) is 1.61. The van der Waals surface area contributed by atoms with Gasteiger partial charge in [0, 0.05) is 18.7 Å². The third-order valence-electron chi connectivity index (χ3n) is 5.08. The number of hydrogen-bond acceptors (Lipinski definition) is 4. The van der Waals surface area contributed by atoms with Crippen LogP contribution in [0.15, 0.2) is 48.5 Å². The van der Waals surface area contributed by atoms with Gasteiger partial charge in [0.25, 0.3) is 5.91 Å². The number of likely N-dealkylation sites (tertiary alicyclic amines) is 1. The highest BCUT2D eigenvalue weighted by atomic mass is 16.5. The van der Waals surface area contributed by atoms with Crippen molar-refractivity contribution in [2.75, 3.05) is 33.4 Å². The number of para-hydroxylation sites is 2. The molecule has 0 bridgehead atoms. The Hall–Kier alpha value is -2.53. The summed E-state index contributed by atoms with van der Waals surface area (Å²) in [6.07, 6.45) is 2.61. The standard InChI is InChI=1S/C23H30N2O3/c1-18-6-5-14-25(16-18)17-19-9-11-20(12-10-19)23(26)24-13-15-28-22-8-4-3-7-21(22)27-2/h3-4,7-12,18H,5-6,13-17H2,1-2H3,(H,24,26). The smallest absolute Gasteiger partial charge is 0.251 e. The molecule has 0 saturated carbocycles. The molecule has 0 aliphatic carbocycles. The van der Waals surface area contributed by atoms with Crippen LogP contribution in [0.4, 0.5) is 0 Å². The van der Waals surface area contributed by atoms with E-state index < -0.39 is 0 Å². The first-order valence-corrected chi connectivity index (χ1v) is 10.0. The normalized spacial score (nSPS) is 17.1. The summed E-state index contributed by atoms with van der Waals surface area (Å²) < 4.78 is 10.9. The lowest BCUT2D eigenvalue weighted by Gasteiger charge is -2.30. The molecule has 0 radical (unpaired) electrons. The molecule has 2 aromatic rings. The topological polar surface area (TPSA) is 50.8 Å². The predicted octanol–water partition coefficient (Wildman–Crippen LogP) is 3.74. The Kier molecular flexibility index (Phi) is 7.31. The molecule has 3 rings (SSSR count). The Bertz CT molecular complexity index is 761. The van der Waals surface area contributed by atoms with Crippen molar-refractivity contribution >= 4 is 5.91 Å². The van der Waals surface area contributed by atoms with Crippen molar-refractivity contribution in [3.05, 3.63) is 59.7 Å². The number of carbonyl (C=O) groups excluding carboxylic acids is 1. The average molecular weight is 383 g/mol. The number of methoxy groups -OCH3 is 1. The first-order chi connectivity index (χ1) is 13.7. The van der Waals surface area contributed by atoms with Gasteiger partial charge in [0.05, 0.1) is 13.7 Å². The number of ether oxygens (including phenoxy) is 2. The molecular weight excluding hydrogens is 352 g/mol. The lowest BCUT2D eigenvalue weighted by molar-refractivity contribution is 0.0947. The third kappa shape index (κ3) is 5.73. The molecule has 1 aliphatic heterocycles. The van der Waals surface area contributed by atoms with E-state index >= 15 is 0 Å². The second-order valence-corrected chi connectivity index (χ2v) is 7.43. The molecule has 1 heterocycles. The maximum absolute atomic E-state index is 12.3. The van der Waals surface area contributed by atoms with Gasteiger partial charge in [-0.05, 0) is 55.1 Å². The molecule has 0 spiro atoms. The van der Waals surface area contributed by atoms with E-state index in [0.29, 0.717) is 30.2 Å². The van der Waals surface area contributed by atoms with Crippen LogP contribution in [0.25, 0.3) is 0 Å². The Labute approximate surface area is 167 Å². The van der Waals surface area contributed by atoms with Gasteiger partial charge in [-0.1, -0.05) is 31.2 Å². The van der Waals surface area contributed by atoms with Crippen LogP contribution in [0.1, 0.15) is 35.7 Å². The SMILES string of the molecule is COc1ccccc1OCCNC(=O)c1ccc(CN2CCCC(C)C2)cc1. The first kappa shape index (κ1) is 20.2. The molecule has 1 unspecified atom stereocenters. The first-order valence-electron chi connectivity index (χ1n) is 10.0. The van der Waals surface area contributed by atoms with E-state index in [-0.39, 0.29) is 5.91 Å². The molecule has 1 aliphatic rings. The number of hydrogen-bond donors (Lipinski definition) is 1. The Morgan fingerprint density at radius 2 is 1.89 bits per heavy atom. The second-order valence-electron chi connectivity index (χ2n) is 7.43. The maximum atomic E-state index is 12.3. The van der Waals surface area contributed by atoms with Gasteiger partial charge < -0.3 is 14.8 Å². The molecule has 5 heteroatoms. The molecule has 1 fully saturated rings. The van der Waals surface area contributed by atoms with Gasteiger partial charge in [0.2, 0.25) is 0 Å². The Balaban J connectivity index is 1.43. The molecule has 5 nitrogen and oxygen atoms in total. The number of amides is 1. The molecule has 1 saturated heterocycles. The minimum absolute atomic E-state index is 0.0817. The van der Waals surface area contributed by atoms with E-state index in [1.165, 1.54) is 24.9 Å². The lowest BCUT2D eigenvalue weighted by Crippen LogP contribution is -2.33. The van der Waals surface area contributed by atoms with Crippen LogP contribution in [-0.2, 0) is 6.54 Å². The highest BCUT2D eigenvalue weighted by molar-refractivity contribution is 5.94. The van der Waals surface area contributed by atoms with E-state index in [0.717, 1.165) is 19.0 Å². The zero-order chi connectivity index (χ0) is 19.8. The molecule has 1 atom stereocenters. The highest BCUT2D eigenvalue weighted by Crippen LogP contribution is 2.25. The van der Waals surface area contributed by atoms with E-state index in [4.69, 9.17) is 9.47 Å². The van der Waals surface area contributed by atoms with Crippen LogP contribution >= 0.6 is 0 Å². The van der Waals surface area contributed by atoms with Crippen molar-refractivity contribution in [2.24, 2.45) is 5.92 Å². The summed E-state index contributed by atoms with van der Waals surface area (Å²) >= 11 is 0. The summed E-state index contributed by atoms with van der Waals surface area (Å²) in [4.78, 5) is 14.8. The van der Waals surface area contributed by atoms with Crippen molar-refractivity contribution in [3.63, 3.8) is 0 Å². The van der Waals surface area contributed by atoms with Crippen molar-refractivity contribution in [2.45, 2.75) is 26.3 Å². The predicted molar refractivity (Wildman–Crippen MR) is 111 cm³/mol. The molecule has 150 valence electrons. The zero-order valence-electron chi connectivity index (χ0n) is 16.8. The number of nitrogens with one attached hydrogen (secondary N) is 1. The summed E-state index contributed by atoms with van der Waals surface area (Å²) in [6.45, 7) is 6.42. The Morgan fingerprint density at radius 1 is 1.14 bits per heavy atom. The van der Waals surface area contributed by atoms with Crippen molar-refractivity contribution in [3.8, 4) is 11.5 Å². The monoisotopic (exact) mass is 382 g/mol. The van der Waals surface area contributed by atoms with Gasteiger partial charge in [-0.25, -0.2) is 0 Å². The number of carbonyl (C=O) groups is 1. The number of nitrogens with zero attached hydrogens (tertiary/aromatic N) is 1. The molecular formula is C23H30N2O3. The van der Waals surface area contributed by atoms with Crippen molar-refractivity contribution in [1.82, 2.24) is 10.2 Å². The fourth-order valence-electron chi connectivity index (χ4n) is 3.62. The summed E-state index contributed by atoms with van der Waals surface area (Å²) in [5.41, 5.74) is 1.93. The third-order valence-corrected chi connectivity index (χ3v) is 5.08. The molecule has 1 amide bonds. The molecule has 0 aromatic heterocycles. The molecule has 2 aromatic carbocycles. The fourth-order valence-corrected chi connectivity index (χ4v) is 3.62. The highest BCUT2D eigenvalue weighted by Gasteiger charge is 2.16. The zero-order valence-corrected chi connectivity index (χ0v) is 16.8. The minimum Gasteiger partial charge on any atom is -0.493 e. The fraction of sp³-hybridized carbons (Fsp3) is 0.435. The minimum atomic E-state index is -0.0817. The van der Waals surface area contributed by atoms with Crippen LogP contribution in [0, 0.1) is 5.92 Å². The van der Waals surface area contributed by atoms with Gasteiger partial charge in [-0.2, -0.15) is 0 Å². The Morgan fingerprint density at radius 3 is 2.61 bits per heavy atom.